The average molecular weight is 216 g/mol. The Hall–Kier alpha value is -1.35. The van der Waals surface area contributed by atoms with E-state index in [1.165, 1.54) is 16.0 Å². The smallest absolute Gasteiger partial charge is 0.180 e. The number of hydrogen-bond donors (Lipinski definition) is 1. The Morgan fingerprint density at radius 1 is 1.20 bits per heavy atom. The van der Waals surface area contributed by atoms with E-state index in [1.807, 2.05) is 6.20 Å². The summed E-state index contributed by atoms with van der Waals surface area (Å²) < 4.78 is 0. The first-order valence-electron chi connectivity index (χ1n) is 5.11. The molecule has 15 heavy (non-hydrogen) atoms. The van der Waals surface area contributed by atoms with Gasteiger partial charge in [0.1, 0.15) is 0 Å². The summed E-state index contributed by atoms with van der Waals surface area (Å²) in [5.41, 5.74) is 8.62. The van der Waals surface area contributed by atoms with Crippen LogP contribution in [0.5, 0.6) is 0 Å². The minimum atomic E-state index is 0.595. The highest BCUT2D eigenvalue weighted by molar-refractivity contribution is 7.15. The standard InChI is InChI=1S/C12H12N2S/c13-12-14-7-11(15-12)10-5-8-3-1-2-4-9(8)6-10/h1-4,7,10H,5-6H2,(H2,13,14). The second kappa shape index (κ2) is 3.35. The molecular formula is C12H12N2S. The quantitative estimate of drug-likeness (QED) is 0.795. The molecule has 0 unspecified atom stereocenters. The molecule has 1 aromatic carbocycles. The van der Waals surface area contributed by atoms with Gasteiger partial charge in [-0.15, -0.1) is 11.3 Å². The number of fused-ring (bicyclic) bond motifs is 1. The van der Waals surface area contributed by atoms with E-state index in [4.69, 9.17) is 5.73 Å². The first-order valence-corrected chi connectivity index (χ1v) is 5.92. The van der Waals surface area contributed by atoms with Gasteiger partial charge in [-0.1, -0.05) is 24.3 Å². The van der Waals surface area contributed by atoms with Crippen LogP contribution in [-0.2, 0) is 12.8 Å². The molecule has 2 N–H and O–H groups in total. The Morgan fingerprint density at radius 3 is 2.40 bits per heavy atom. The highest BCUT2D eigenvalue weighted by atomic mass is 32.1. The van der Waals surface area contributed by atoms with Crippen molar-refractivity contribution in [2.45, 2.75) is 18.8 Å². The fraction of sp³-hybridized carbons (Fsp3) is 0.250. The summed E-state index contributed by atoms with van der Waals surface area (Å²) in [6.07, 6.45) is 4.20. The van der Waals surface area contributed by atoms with Crippen LogP contribution in [0.25, 0.3) is 0 Å². The predicted octanol–water partition coefficient (Wildman–Crippen LogP) is 2.61. The van der Waals surface area contributed by atoms with Crippen LogP contribution in [-0.4, -0.2) is 4.98 Å². The number of anilines is 1. The van der Waals surface area contributed by atoms with E-state index >= 15 is 0 Å². The van der Waals surface area contributed by atoms with E-state index in [2.05, 4.69) is 29.2 Å². The van der Waals surface area contributed by atoms with Crippen LogP contribution in [0.4, 0.5) is 5.13 Å². The van der Waals surface area contributed by atoms with E-state index in [0.717, 1.165) is 12.8 Å². The second-order valence-electron chi connectivity index (χ2n) is 3.97. The molecule has 0 saturated carbocycles. The van der Waals surface area contributed by atoms with Gasteiger partial charge >= 0.3 is 0 Å². The first-order chi connectivity index (χ1) is 7.33. The Balaban J connectivity index is 1.90. The lowest BCUT2D eigenvalue weighted by molar-refractivity contribution is 0.755. The summed E-state index contributed by atoms with van der Waals surface area (Å²) in [4.78, 5) is 5.44. The fourth-order valence-electron chi connectivity index (χ4n) is 2.25. The molecule has 2 aromatic rings. The van der Waals surface area contributed by atoms with Crippen molar-refractivity contribution in [3.63, 3.8) is 0 Å². The predicted molar refractivity (Wildman–Crippen MR) is 63.1 cm³/mol. The number of nitrogens with two attached hydrogens (primary N) is 1. The number of nitrogens with zero attached hydrogens (tertiary/aromatic N) is 1. The molecule has 1 aliphatic carbocycles. The van der Waals surface area contributed by atoms with E-state index in [-0.39, 0.29) is 0 Å². The topological polar surface area (TPSA) is 38.9 Å². The molecule has 1 heterocycles. The van der Waals surface area contributed by atoms with E-state index in [9.17, 15) is 0 Å². The number of hydrogen-bond acceptors (Lipinski definition) is 3. The summed E-state index contributed by atoms with van der Waals surface area (Å²) in [5, 5.41) is 0.681. The Bertz CT molecular complexity index is 465. The summed E-state index contributed by atoms with van der Waals surface area (Å²) in [6, 6.07) is 8.67. The van der Waals surface area contributed by atoms with Crippen molar-refractivity contribution < 1.29 is 0 Å². The van der Waals surface area contributed by atoms with Crippen LogP contribution in [0.2, 0.25) is 0 Å². The minimum absolute atomic E-state index is 0.595. The molecule has 0 atom stereocenters. The van der Waals surface area contributed by atoms with Crippen LogP contribution >= 0.6 is 11.3 Å². The fourth-order valence-corrected chi connectivity index (χ4v) is 3.04. The Morgan fingerprint density at radius 2 is 1.87 bits per heavy atom. The molecule has 1 aliphatic rings. The number of thiazole rings is 1. The van der Waals surface area contributed by atoms with E-state index < -0.39 is 0 Å². The lowest BCUT2D eigenvalue weighted by atomic mass is 10.1. The number of rotatable bonds is 1. The molecule has 0 fully saturated rings. The van der Waals surface area contributed by atoms with Crippen molar-refractivity contribution in [3.05, 3.63) is 46.5 Å². The molecule has 76 valence electrons. The van der Waals surface area contributed by atoms with Gasteiger partial charge in [-0.2, -0.15) is 0 Å². The van der Waals surface area contributed by atoms with Crippen LogP contribution in [0, 0.1) is 0 Å². The minimum Gasteiger partial charge on any atom is -0.375 e. The van der Waals surface area contributed by atoms with Gasteiger partial charge in [-0.3, -0.25) is 0 Å². The van der Waals surface area contributed by atoms with Crippen LogP contribution in [0.3, 0.4) is 0 Å². The van der Waals surface area contributed by atoms with Gasteiger partial charge in [-0.25, -0.2) is 4.98 Å². The SMILES string of the molecule is Nc1ncc(C2Cc3ccccc3C2)s1. The maximum atomic E-state index is 5.66. The third kappa shape index (κ3) is 1.53. The molecule has 0 amide bonds. The first kappa shape index (κ1) is 8.92. The Kier molecular flexibility index (Phi) is 1.99. The van der Waals surface area contributed by atoms with Crippen molar-refractivity contribution in [3.8, 4) is 0 Å². The van der Waals surface area contributed by atoms with Crippen molar-refractivity contribution >= 4 is 16.5 Å². The van der Waals surface area contributed by atoms with Gasteiger partial charge in [0.15, 0.2) is 5.13 Å². The average Bonchev–Trinajstić information content (AvgIpc) is 2.82. The highest BCUT2D eigenvalue weighted by Crippen LogP contribution is 2.36. The summed E-state index contributed by atoms with van der Waals surface area (Å²) >= 11 is 1.62. The van der Waals surface area contributed by atoms with Gasteiger partial charge in [0, 0.05) is 17.0 Å². The van der Waals surface area contributed by atoms with Gasteiger partial charge < -0.3 is 5.73 Å². The third-order valence-corrected chi connectivity index (χ3v) is 3.98. The van der Waals surface area contributed by atoms with Crippen LogP contribution in [0.15, 0.2) is 30.5 Å². The highest BCUT2D eigenvalue weighted by Gasteiger charge is 2.23. The summed E-state index contributed by atoms with van der Waals surface area (Å²) in [6.45, 7) is 0. The van der Waals surface area contributed by atoms with Crippen molar-refractivity contribution in [2.75, 3.05) is 5.73 Å². The molecule has 0 saturated heterocycles. The lowest BCUT2D eigenvalue weighted by Gasteiger charge is -2.03. The molecule has 3 heteroatoms. The molecule has 3 rings (SSSR count). The van der Waals surface area contributed by atoms with Crippen molar-refractivity contribution in [1.29, 1.82) is 0 Å². The zero-order chi connectivity index (χ0) is 10.3. The van der Waals surface area contributed by atoms with Crippen molar-refractivity contribution in [1.82, 2.24) is 4.98 Å². The molecular weight excluding hydrogens is 204 g/mol. The molecule has 1 aromatic heterocycles. The maximum absolute atomic E-state index is 5.66. The number of nitrogen functional groups attached to an aromatic ring is 1. The molecule has 0 aliphatic heterocycles. The monoisotopic (exact) mass is 216 g/mol. The molecule has 2 nitrogen and oxygen atoms in total. The number of aromatic nitrogens is 1. The van der Waals surface area contributed by atoms with Crippen molar-refractivity contribution in [2.24, 2.45) is 0 Å². The third-order valence-electron chi connectivity index (χ3n) is 2.99. The summed E-state index contributed by atoms with van der Waals surface area (Å²) in [5.74, 6) is 0.595. The van der Waals surface area contributed by atoms with E-state index in [0.29, 0.717) is 11.0 Å². The lowest BCUT2D eigenvalue weighted by Crippen LogP contribution is -1.93. The zero-order valence-electron chi connectivity index (χ0n) is 8.31. The van der Waals surface area contributed by atoms with Gasteiger partial charge in [-0.05, 0) is 24.0 Å². The maximum Gasteiger partial charge on any atom is 0.180 e. The largest absolute Gasteiger partial charge is 0.375 e. The van der Waals surface area contributed by atoms with Crippen LogP contribution < -0.4 is 5.73 Å². The van der Waals surface area contributed by atoms with Gasteiger partial charge in [0.2, 0.25) is 0 Å². The van der Waals surface area contributed by atoms with Crippen LogP contribution in [0.1, 0.15) is 21.9 Å². The van der Waals surface area contributed by atoms with Gasteiger partial charge in [0.25, 0.3) is 0 Å². The molecule has 0 bridgehead atoms. The Labute approximate surface area is 92.8 Å². The second-order valence-corrected chi connectivity index (χ2v) is 5.07. The van der Waals surface area contributed by atoms with Gasteiger partial charge in [0.05, 0.1) is 0 Å². The molecule has 0 radical (unpaired) electrons. The number of benzene rings is 1. The van der Waals surface area contributed by atoms with E-state index in [1.54, 1.807) is 11.3 Å². The summed E-state index contributed by atoms with van der Waals surface area (Å²) in [7, 11) is 0. The normalized spacial score (nSPS) is 15.5. The molecule has 0 spiro atoms. The zero-order valence-corrected chi connectivity index (χ0v) is 9.13.